The van der Waals surface area contributed by atoms with Gasteiger partial charge in [0.2, 0.25) is 5.88 Å². The maximum atomic E-state index is 13.0. The topological polar surface area (TPSA) is 76.0 Å². The van der Waals surface area contributed by atoms with Crippen molar-refractivity contribution in [2.45, 2.75) is 26.3 Å². The van der Waals surface area contributed by atoms with Crippen molar-refractivity contribution in [1.29, 1.82) is 0 Å². The summed E-state index contributed by atoms with van der Waals surface area (Å²) in [5, 5.41) is 3.32. The lowest BCUT2D eigenvalue weighted by Crippen LogP contribution is -2.48. The maximum absolute atomic E-state index is 13.0. The zero-order chi connectivity index (χ0) is 21.3. The van der Waals surface area contributed by atoms with Gasteiger partial charge in [-0.1, -0.05) is 6.07 Å². The summed E-state index contributed by atoms with van der Waals surface area (Å²) in [6.07, 6.45) is 3.48. The second-order valence-electron chi connectivity index (χ2n) is 7.00. The Morgan fingerprint density at radius 1 is 1.30 bits per heavy atom. The number of nitrogens with one attached hydrogen (secondary N) is 1. The van der Waals surface area contributed by atoms with E-state index in [0.717, 1.165) is 30.9 Å². The van der Waals surface area contributed by atoms with Crippen LogP contribution in [0.1, 0.15) is 25.3 Å². The third kappa shape index (κ3) is 5.92. The third-order valence-electron chi connectivity index (χ3n) is 4.84. The van der Waals surface area contributed by atoms with E-state index in [1.165, 1.54) is 12.1 Å². The number of likely N-dealkylation sites (tertiary alicyclic amines) is 1. The highest BCUT2D eigenvalue weighted by Crippen LogP contribution is 2.20. The molecule has 0 aliphatic carbocycles. The van der Waals surface area contributed by atoms with Gasteiger partial charge in [-0.2, -0.15) is 0 Å². The highest BCUT2D eigenvalue weighted by molar-refractivity contribution is 5.81. The molecule has 1 atom stereocenters. The number of pyridine rings is 1. The largest absolute Gasteiger partial charge is 0.466 e. The van der Waals surface area contributed by atoms with Crippen molar-refractivity contribution < 1.29 is 18.7 Å². The van der Waals surface area contributed by atoms with E-state index in [1.807, 2.05) is 13.0 Å². The summed E-state index contributed by atoms with van der Waals surface area (Å²) in [5.41, 5.74) is 0.960. The first-order chi connectivity index (χ1) is 14.6. The van der Waals surface area contributed by atoms with Gasteiger partial charge >= 0.3 is 5.97 Å². The summed E-state index contributed by atoms with van der Waals surface area (Å²) in [4.78, 5) is 22.8. The second kappa shape index (κ2) is 10.6. The van der Waals surface area contributed by atoms with Crippen LogP contribution in [0.2, 0.25) is 0 Å². The number of benzene rings is 1. The minimum absolute atomic E-state index is 0.123. The number of aromatic nitrogens is 1. The molecule has 1 aromatic heterocycles. The molecule has 160 valence electrons. The van der Waals surface area contributed by atoms with Gasteiger partial charge in [-0.15, -0.1) is 0 Å². The molecule has 8 heteroatoms. The van der Waals surface area contributed by atoms with E-state index < -0.39 is 0 Å². The Balaban J connectivity index is 1.53. The maximum Gasteiger partial charge on any atom is 0.310 e. The van der Waals surface area contributed by atoms with Crippen LogP contribution in [-0.2, 0) is 16.1 Å². The predicted octanol–water partition coefficient (Wildman–Crippen LogP) is 3.36. The Morgan fingerprint density at radius 3 is 2.77 bits per heavy atom. The summed E-state index contributed by atoms with van der Waals surface area (Å²) in [5.74, 6) is 1.13. The molecule has 1 aromatic carbocycles. The molecule has 1 aliphatic heterocycles. The predicted molar refractivity (Wildman–Crippen MR) is 112 cm³/mol. The average molecular weight is 414 g/mol. The summed E-state index contributed by atoms with van der Waals surface area (Å²) in [6.45, 7) is 4.20. The molecule has 30 heavy (non-hydrogen) atoms. The quantitative estimate of drug-likeness (QED) is 0.444. The van der Waals surface area contributed by atoms with Crippen LogP contribution in [0.3, 0.4) is 0 Å². The first-order valence-electron chi connectivity index (χ1n) is 10.1. The molecule has 0 radical (unpaired) electrons. The van der Waals surface area contributed by atoms with Crippen LogP contribution in [-0.4, -0.2) is 48.6 Å². The van der Waals surface area contributed by atoms with E-state index in [4.69, 9.17) is 9.47 Å². The molecule has 0 bridgehead atoms. The highest BCUT2D eigenvalue weighted by atomic mass is 19.1. The minimum Gasteiger partial charge on any atom is -0.466 e. The molecular weight excluding hydrogens is 387 g/mol. The van der Waals surface area contributed by atoms with Crippen molar-refractivity contribution in [2.24, 2.45) is 10.9 Å². The number of hydrogen-bond acceptors (Lipinski definition) is 5. The molecule has 7 nitrogen and oxygen atoms in total. The smallest absolute Gasteiger partial charge is 0.310 e. The molecule has 0 amide bonds. The number of aliphatic imine (C=N–C) groups is 1. The standard InChI is InChI=1S/C22H27FN4O3/c1-3-29-21(28)17-5-4-12-27(15-17)22(24-2)26-14-16-6-11-20(25-13-16)30-19-9-7-18(23)8-10-19/h6-11,13,17H,3-5,12,14-15H2,1-2H3,(H,24,26). The van der Waals surface area contributed by atoms with Crippen molar-refractivity contribution in [1.82, 2.24) is 15.2 Å². The fraction of sp³-hybridized carbons (Fsp3) is 0.409. The van der Waals surface area contributed by atoms with Crippen molar-refractivity contribution in [3.63, 3.8) is 0 Å². The molecule has 1 fully saturated rings. The SMILES string of the molecule is CCOC(=O)C1CCCN(C(=NC)NCc2ccc(Oc3ccc(F)cc3)nc2)C1. The van der Waals surface area contributed by atoms with Gasteiger partial charge in [0, 0.05) is 38.9 Å². The van der Waals surface area contributed by atoms with E-state index >= 15 is 0 Å². The van der Waals surface area contributed by atoms with E-state index in [2.05, 4.69) is 20.2 Å². The van der Waals surface area contributed by atoms with Crippen LogP contribution in [0, 0.1) is 11.7 Å². The summed E-state index contributed by atoms with van der Waals surface area (Å²) < 4.78 is 23.8. The van der Waals surface area contributed by atoms with Crippen LogP contribution < -0.4 is 10.1 Å². The lowest BCUT2D eigenvalue weighted by atomic mass is 9.98. The zero-order valence-electron chi connectivity index (χ0n) is 17.3. The molecule has 2 aromatic rings. The van der Waals surface area contributed by atoms with Crippen molar-refractivity contribution in [3.05, 3.63) is 54.0 Å². The molecule has 1 N–H and O–H groups in total. The van der Waals surface area contributed by atoms with Crippen LogP contribution in [0.25, 0.3) is 0 Å². The summed E-state index contributed by atoms with van der Waals surface area (Å²) in [7, 11) is 1.73. The first kappa shape index (κ1) is 21.5. The van der Waals surface area contributed by atoms with E-state index in [9.17, 15) is 9.18 Å². The molecule has 1 saturated heterocycles. The Hall–Kier alpha value is -3.16. The van der Waals surface area contributed by atoms with Crippen LogP contribution in [0.15, 0.2) is 47.6 Å². The lowest BCUT2D eigenvalue weighted by molar-refractivity contribution is -0.149. The molecule has 1 aliphatic rings. The first-order valence-corrected chi connectivity index (χ1v) is 10.1. The number of piperidine rings is 1. The molecule has 0 saturated carbocycles. The Labute approximate surface area is 175 Å². The van der Waals surface area contributed by atoms with Gasteiger partial charge in [-0.25, -0.2) is 9.37 Å². The van der Waals surface area contributed by atoms with Crippen LogP contribution in [0.4, 0.5) is 4.39 Å². The molecule has 1 unspecified atom stereocenters. The van der Waals surface area contributed by atoms with E-state index in [1.54, 1.807) is 31.4 Å². The lowest BCUT2D eigenvalue weighted by Gasteiger charge is -2.33. The van der Waals surface area contributed by atoms with Gasteiger partial charge in [0.05, 0.1) is 12.5 Å². The Bertz CT molecular complexity index is 856. The fourth-order valence-electron chi connectivity index (χ4n) is 3.33. The fourth-order valence-corrected chi connectivity index (χ4v) is 3.33. The molecule has 2 heterocycles. The number of halogens is 1. The van der Waals surface area contributed by atoms with Gasteiger partial charge in [-0.3, -0.25) is 9.79 Å². The zero-order valence-corrected chi connectivity index (χ0v) is 17.3. The van der Waals surface area contributed by atoms with E-state index in [0.29, 0.717) is 31.3 Å². The second-order valence-corrected chi connectivity index (χ2v) is 7.00. The molecule has 0 spiro atoms. The number of carbonyl (C=O) groups is 1. The van der Waals surface area contributed by atoms with Crippen LogP contribution >= 0.6 is 0 Å². The van der Waals surface area contributed by atoms with Crippen molar-refractivity contribution in [2.75, 3.05) is 26.7 Å². The number of rotatable bonds is 6. The Morgan fingerprint density at radius 2 is 2.10 bits per heavy atom. The third-order valence-corrected chi connectivity index (χ3v) is 4.84. The number of nitrogens with zero attached hydrogens (tertiary/aromatic N) is 3. The summed E-state index contributed by atoms with van der Waals surface area (Å²) >= 11 is 0. The number of ether oxygens (including phenoxy) is 2. The normalized spacial score (nSPS) is 16.8. The van der Waals surface area contributed by atoms with Gasteiger partial charge in [0.15, 0.2) is 5.96 Å². The van der Waals surface area contributed by atoms with Gasteiger partial charge in [0.1, 0.15) is 11.6 Å². The summed E-state index contributed by atoms with van der Waals surface area (Å²) in [6, 6.07) is 9.46. The Kier molecular flexibility index (Phi) is 7.59. The number of carbonyl (C=O) groups excluding carboxylic acids is 1. The van der Waals surface area contributed by atoms with Crippen molar-refractivity contribution >= 4 is 11.9 Å². The number of hydrogen-bond donors (Lipinski definition) is 1. The minimum atomic E-state index is -0.313. The van der Waals surface area contributed by atoms with E-state index in [-0.39, 0.29) is 17.7 Å². The monoisotopic (exact) mass is 414 g/mol. The molecule has 3 rings (SSSR count). The highest BCUT2D eigenvalue weighted by Gasteiger charge is 2.28. The van der Waals surface area contributed by atoms with Gasteiger partial charge < -0.3 is 19.7 Å². The van der Waals surface area contributed by atoms with Gasteiger partial charge in [-0.05, 0) is 49.6 Å². The average Bonchev–Trinajstić information content (AvgIpc) is 2.77. The van der Waals surface area contributed by atoms with Crippen LogP contribution in [0.5, 0.6) is 11.6 Å². The molecular formula is C22H27FN4O3. The van der Waals surface area contributed by atoms with Gasteiger partial charge in [0.25, 0.3) is 0 Å². The number of esters is 1. The van der Waals surface area contributed by atoms with Crippen molar-refractivity contribution in [3.8, 4) is 11.6 Å². The number of guanidine groups is 1.